The van der Waals surface area contributed by atoms with Gasteiger partial charge in [-0.25, -0.2) is 0 Å². The molecule has 0 radical (unpaired) electrons. The van der Waals surface area contributed by atoms with E-state index in [2.05, 4.69) is 0 Å². The lowest BCUT2D eigenvalue weighted by atomic mass is 9.82. The van der Waals surface area contributed by atoms with Crippen molar-refractivity contribution in [2.24, 2.45) is 0 Å². The van der Waals surface area contributed by atoms with Gasteiger partial charge in [0.25, 0.3) is 0 Å². The third-order valence-electron chi connectivity index (χ3n) is 3.03. The molecule has 0 N–H and O–H groups in total. The summed E-state index contributed by atoms with van der Waals surface area (Å²) in [6, 6.07) is 0. The largest absolute Gasteiger partial charge is 0.458 e. The molecule has 0 aromatic heterocycles. The second-order valence-corrected chi connectivity index (χ2v) is 4.93. The van der Waals surface area contributed by atoms with Crippen molar-refractivity contribution in [3.63, 3.8) is 0 Å². The van der Waals surface area contributed by atoms with Crippen LogP contribution in [-0.2, 0) is 14.1 Å². The molecule has 1 rings (SSSR count). The second-order valence-electron chi connectivity index (χ2n) is 4.93. The Labute approximate surface area is 86.3 Å². The number of carbonyl (C=O) groups excluding carboxylic acids is 1. The maximum atomic E-state index is 10.8. The summed E-state index contributed by atoms with van der Waals surface area (Å²) in [5.41, 5.74) is -0.567. The number of hydrogen-bond donors (Lipinski definition) is 0. The van der Waals surface area contributed by atoms with Crippen molar-refractivity contribution in [1.29, 1.82) is 0 Å². The third kappa shape index (κ3) is 2.36. The molecule has 1 fully saturated rings. The van der Waals surface area contributed by atoms with E-state index < -0.39 is 0 Å². The van der Waals surface area contributed by atoms with Gasteiger partial charge in [-0.05, 0) is 40.9 Å². The smallest absolute Gasteiger partial charge is 0.403 e. The van der Waals surface area contributed by atoms with Crippen molar-refractivity contribution in [2.45, 2.75) is 58.6 Å². The highest BCUT2D eigenvalue weighted by atomic mass is 16.7. The Bertz CT molecular complexity index is 220. The van der Waals surface area contributed by atoms with E-state index in [0.29, 0.717) is 12.7 Å². The molecule has 0 aliphatic carbocycles. The Morgan fingerprint density at radius 1 is 1.14 bits per heavy atom. The SMILES string of the molecule is CC(=O)CCB1OC(C)(C)C(C)(C)O1. The van der Waals surface area contributed by atoms with Gasteiger partial charge in [0.15, 0.2) is 0 Å². The van der Waals surface area contributed by atoms with E-state index in [1.165, 1.54) is 0 Å². The minimum atomic E-state index is -0.283. The van der Waals surface area contributed by atoms with Crippen molar-refractivity contribution in [3.05, 3.63) is 0 Å². The van der Waals surface area contributed by atoms with Crippen LogP contribution in [0.4, 0.5) is 0 Å². The summed E-state index contributed by atoms with van der Waals surface area (Å²) in [5, 5.41) is 0. The van der Waals surface area contributed by atoms with Crippen LogP contribution in [0.2, 0.25) is 6.32 Å². The summed E-state index contributed by atoms with van der Waals surface area (Å²) in [6.45, 7) is 9.65. The molecule has 0 unspecified atom stereocenters. The zero-order valence-corrected chi connectivity index (χ0v) is 9.72. The van der Waals surface area contributed by atoms with Crippen molar-refractivity contribution < 1.29 is 14.1 Å². The molecule has 0 bridgehead atoms. The van der Waals surface area contributed by atoms with Crippen molar-refractivity contribution in [2.75, 3.05) is 0 Å². The molecular weight excluding hydrogens is 179 g/mol. The molecular formula is C10H19BO3. The minimum absolute atomic E-state index is 0.180. The quantitative estimate of drug-likeness (QED) is 0.651. The van der Waals surface area contributed by atoms with Crippen LogP contribution < -0.4 is 0 Å². The van der Waals surface area contributed by atoms with Crippen LogP contribution in [0.5, 0.6) is 0 Å². The van der Waals surface area contributed by atoms with Crippen LogP contribution in [0.25, 0.3) is 0 Å². The van der Waals surface area contributed by atoms with Gasteiger partial charge in [0.05, 0.1) is 11.2 Å². The van der Waals surface area contributed by atoms with Gasteiger partial charge >= 0.3 is 7.12 Å². The Kier molecular flexibility index (Phi) is 3.07. The summed E-state index contributed by atoms with van der Waals surface area (Å²) < 4.78 is 11.5. The zero-order chi connectivity index (χ0) is 11.0. The number of hydrogen-bond acceptors (Lipinski definition) is 3. The Balaban J connectivity index is 2.51. The number of Topliss-reactive ketones (excluding diaryl/α,β-unsaturated/α-hetero) is 1. The van der Waals surface area contributed by atoms with Gasteiger partial charge in [0.2, 0.25) is 0 Å². The fourth-order valence-corrected chi connectivity index (χ4v) is 1.40. The highest BCUT2D eigenvalue weighted by molar-refractivity contribution is 6.45. The van der Waals surface area contributed by atoms with Crippen molar-refractivity contribution in [1.82, 2.24) is 0 Å². The molecule has 80 valence electrons. The van der Waals surface area contributed by atoms with E-state index in [4.69, 9.17) is 9.31 Å². The average molecular weight is 198 g/mol. The standard InChI is InChI=1S/C10H19BO3/c1-8(12)6-7-11-13-9(2,3)10(4,5)14-11/h6-7H2,1-5H3. The van der Waals surface area contributed by atoms with Gasteiger partial charge in [-0.15, -0.1) is 0 Å². The number of carbonyl (C=O) groups is 1. The van der Waals surface area contributed by atoms with Gasteiger partial charge in [-0.2, -0.15) is 0 Å². The van der Waals surface area contributed by atoms with Crippen LogP contribution in [0.1, 0.15) is 41.0 Å². The molecule has 0 spiro atoms. The Morgan fingerprint density at radius 3 is 1.93 bits per heavy atom. The molecule has 0 aromatic rings. The van der Waals surface area contributed by atoms with Crippen molar-refractivity contribution >= 4 is 12.9 Å². The highest BCUT2D eigenvalue weighted by Crippen LogP contribution is 2.37. The summed E-state index contributed by atoms with van der Waals surface area (Å²) in [5.74, 6) is 0.180. The number of rotatable bonds is 3. The molecule has 1 aliphatic rings. The molecule has 1 aliphatic heterocycles. The lowest BCUT2D eigenvalue weighted by Gasteiger charge is -2.32. The molecule has 0 atom stereocenters. The highest BCUT2D eigenvalue weighted by Gasteiger charge is 2.50. The van der Waals surface area contributed by atoms with Gasteiger partial charge < -0.3 is 14.1 Å². The maximum absolute atomic E-state index is 10.8. The second kappa shape index (κ2) is 3.67. The van der Waals surface area contributed by atoms with Crippen LogP contribution in [0.15, 0.2) is 0 Å². The molecule has 14 heavy (non-hydrogen) atoms. The van der Waals surface area contributed by atoms with Crippen molar-refractivity contribution in [3.8, 4) is 0 Å². The predicted molar refractivity (Wildman–Crippen MR) is 56.2 cm³/mol. The first-order valence-corrected chi connectivity index (χ1v) is 5.10. The van der Waals surface area contributed by atoms with E-state index in [9.17, 15) is 4.79 Å². The zero-order valence-electron chi connectivity index (χ0n) is 9.72. The number of ketones is 1. The normalized spacial score (nSPS) is 23.9. The molecule has 1 saturated heterocycles. The fraction of sp³-hybridized carbons (Fsp3) is 0.900. The molecule has 4 heteroatoms. The topological polar surface area (TPSA) is 35.5 Å². The summed E-state index contributed by atoms with van der Waals surface area (Å²) in [6.07, 6.45) is 1.18. The Hall–Kier alpha value is -0.345. The first kappa shape index (κ1) is 11.7. The summed E-state index contributed by atoms with van der Waals surface area (Å²) in [4.78, 5) is 10.8. The van der Waals surface area contributed by atoms with Gasteiger partial charge in [-0.1, -0.05) is 0 Å². The molecule has 1 heterocycles. The van der Waals surface area contributed by atoms with Gasteiger partial charge in [-0.3, -0.25) is 0 Å². The molecule has 0 saturated carbocycles. The van der Waals surface area contributed by atoms with Crippen LogP contribution in [-0.4, -0.2) is 24.1 Å². The van der Waals surface area contributed by atoms with Crippen LogP contribution >= 0.6 is 0 Å². The lowest BCUT2D eigenvalue weighted by Crippen LogP contribution is -2.41. The summed E-state index contributed by atoms with van der Waals surface area (Å²) >= 11 is 0. The van der Waals surface area contributed by atoms with E-state index >= 15 is 0 Å². The third-order valence-corrected chi connectivity index (χ3v) is 3.03. The molecule has 3 nitrogen and oxygen atoms in total. The molecule has 0 amide bonds. The van der Waals surface area contributed by atoms with E-state index in [1.807, 2.05) is 27.7 Å². The lowest BCUT2D eigenvalue weighted by molar-refractivity contribution is -0.116. The Morgan fingerprint density at radius 2 is 1.57 bits per heavy atom. The summed E-state index contributed by atoms with van der Waals surface area (Å²) in [7, 11) is -0.233. The van der Waals surface area contributed by atoms with E-state index in [-0.39, 0.29) is 24.1 Å². The van der Waals surface area contributed by atoms with Gasteiger partial charge in [0.1, 0.15) is 5.78 Å². The monoisotopic (exact) mass is 198 g/mol. The van der Waals surface area contributed by atoms with Gasteiger partial charge in [0, 0.05) is 6.42 Å². The van der Waals surface area contributed by atoms with E-state index in [1.54, 1.807) is 6.92 Å². The minimum Gasteiger partial charge on any atom is -0.403 e. The van der Waals surface area contributed by atoms with E-state index in [0.717, 1.165) is 0 Å². The van der Waals surface area contributed by atoms with Crippen LogP contribution in [0.3, 0.4) is 0 Å². The first-order chi connectivity index (χ1) is 6.24. The predicted octanol–water partition coefficient (Wildman–Crippen LogP) is 2.06. The maximum Gasteiger partial charge on any atom is 0.458 e. The first-order valence-electron chi connectivity index (χ1n) is 5.10. The average Bonchev–Trinajstić information content (AvgIpc) is 2.17. The fourth-order valence-electron chi connectivity index (χ4n) is 1.40. The molecule has 0 aromatic carbocycles. The van der Waals surface area contributed by atoms with Crippen LogP contribution in [0, 0.1) is 0 Å².